The number of rotatable bonds is 12. The maximum absolute atomic E-state index is 7.40. The summed E-state index contributed by atoms with van der Waals surface area (Å²) in [7, 11) is 1.66. The van der Waals surface area contributed by atoms with Crippen molar-refractivity contribution in [2.45, 2.75) is 52.6 Å². The SMILES string of the molecule is CCCCN(CC(C)Oc1ccc(OC)cc1)c1ccc(N=N)c(CCC)c1. The third kappa shape index (κ3) is 6.25. The van der Waals surface area contributed by atoms with Crippen LogP contribution in [-0.4, -0.2) is 26.3 Å². The number of benzene rings is 2. The molecule has 5 heteroatoms. The van der Waals surface area contributed by atoms with Crippen LogP contribution >= 0.6 is 0 Å². The summed E-state index contributed by atoms with van der Waals surface area (Å²) in [5.41, 5.74) is 10.5. The summed E-state index contributed by atoms with van der Waals surface area (Å²) in [4.78, 5) is 2.38. The first-order chi connectivity index (χ1) is 13.6. The molecule has 0 amide bonds. The van der Waals surface area contributed by atoms with E-state index in [4.69, 9.17) is 15.0 Å². The van der Waals surface area contributed by atoms with Gasteiger partial charge in [-0.15, -0.1) is 0 Å². The monoisotopic (exact) mass is 383 g/mol. The first kappa shape index (κ1) is 21.7. The zero-order valence-corrected chi connectivity index (χ0v) is 17.6. The van der Waals surface area contributed by atoms with Gasteiger partial charge >= 0.3 is 0 Å². The van der Waals surface area contributed by atoms with E-state index in [1.54, 1.807) is 7.11 Å². The molecule has 0 aliphatic heterocycles. The molecule has 0 saturated carbocycles. The Bertz CT molecular complexity index is 731. The molecule has 1 N–H and O–H groups in total. The average molecular weight is 384 g/mol. The highest BCUT2D eigenvalue weighted by Gasteiger charge is 2.14. The lowest BCUT2D eigenvalue weighted by Crippen LogP contribution is -2.34. The largest absolute Gasteiger partial charge is 0.497 e. The predicted molar refractivity (Wildman–Crippen MR) is 115 cm³/mol. The fourth-order valence-corrected chi connectivity index (χ4v) is 3.26. The van der Waals surface area contributed by atoms with Gasteiger partial charge in [-0.05, 0) is 67.8 Å². The van der Waals surface area contributed by atoms with Gasteiger partial charge in [0.15, 0.2) is 0 Å². The summed E-state index contributed by atoms with van der Waals surface area (Å²) in [6.45, 7) is 8.24. The van der Waals surface area contributed by atoms with Crippen molar-refractivity contribution in [1.82, 2.24) is 0 Å². The Kier molecular flexibility index (Phi) is 8.79. The fourth-order valence-electron chi connectivity index (χ4n) is 3.26. The molecule has 2 aromatic rings. The molecule has 0 radical (unpaired) electrons. The Morgan fingerprint density at radius 3 is 2.36 bits per heavy atom. The van der Waals surface area contributed by atoms with E-state index < -0.39 is 0 Å². The minimum atomic E-state index is 0.0421. The van der Waals surface area contributed by atoms with Gasteiger partial charge in [0.2, 0.25) is 0 Å². The number of aryl methyl sites for hydroxylation is 1. The molecular weight excluding hydrogens is 350 g/mol. The maximum atomic E-state index is 7.40. The van der Waals surface area contributed by atoms with Crippen LogP contribution in [0.4, 0.5) is 11.4 Å². The summed E-state index contributed by atoms with van der Waals surface area (Å²) in [5, 5.41) is 3.68. The lowest BCUT2D eigenvalue weighted by Gasteiger charge is -2.29. The van der Waals surface area contributed by atoms with Crippen molar-refractivity contribution in [3.63, 3.8) is 0 Å². The summed E-state index contributed by atoms with van der Waals surface area (Å²) in [5.74, 6) is 1.67. The van der Waals surface area contributed by atoms with Crippen molar-refractivity contribution in [1.29, 1.82) is 5.53 Å². The second kappa shape index (κ2) is 11.3. The van der Waals surface area contributed by atoms with Gasteiger partial charge in [-0.2, -0.15) is 5.11 Å². The summed E-state index contributed by atoms with van der Waals surface area (Å²) < 4.78 is 11.3. The molecule has 152 valence electrons. The minimum absolute atomic E-state index is 0.0421. The quantitative estimate of drug-likeness (QED) is 0.432. The second-order valence-corrected chi connectivity index (χ2v) is 7.08. The standard InChI is InChI=1S/C23H33N3O2/c1-5-7-15-26(20-9-14-23(25-24)19(16-20)8-6-2)17-18(3)28-22-12-10-21(27-4)11-13-22/h9-14,16,18,24H,5-8,15,17H2,1-4H3. The normalized spacial score (nSPS) is 11.7. The molecule has 28 heavy (non-hydrogen) atoms. The average Bonchev–Trinajstić information content (AvgIpc) is 2.72. The molecule has 0 aromatic heterocycles. The number of anilines is 1. The van der Waals surface area contributed by atoms with E-state index in [0.29, 0.717) is 0 Å². The molecule has 2 rings (SSSR count). The summed E-state index contributed by atoms with van der Waals surface area (Å²) in [6.07, 6.45) is 4.29. The molecule has 0 bridgehead atoms. The van der Waals surface area contributed by atoms with Crippen molar-refractivity contribution < 1.29 is 9.47 Å². The number of ether oxygens (including phenoxy) is 2. The van der Waals surface area contributed by atoms with E-state index in [-0.39, 0.29) is 6.10 Å². The van der Waals surface area contributed by atoms with Gasteiger partial charge in [-0.25, -0.2) is 5.53 Å². The molecule has 0 aliphatic rings. The van der Waals surface area contributed by atoms with Crippen LogP contribution in [0.15, 0.2) is 47.6 Å². The number of methoxy groups -OCH3 is 1. The van der Waals surface area contributed by atoms with Crippen molar-refractivity contribution in [2.24, 2.45) is 5.11 Å². The van der Waals surface area contributed by atoms with E-state index in [2.05, 4.69) is 42.9 Å². The Hall–Kier alpha value is -2.56. The van der Waals surface area contributed by atoms with Crippen LogP contribution in [-0.2, 0) is 6.42 Å². The number of unbranched alkanes of at least 4 members (excludes halogenated alkanes) is 1. The third-order valence-electron chi connectivity index (χ3n) is 4.72. The van der Waals surface area contributed by atoms with Gasteiger partial charge in [0.25, 0.3) is 0 Å². The van der Waals surface area contributed by atoms with E-state index >= 15 is 0 Å². The van der Waals surface area contributed by atoms with Gasteiger partial charge in [0.1, 0.15) is 17.6 Å². The predicted octanol–water partition coefficient (Wildman–Crippen LogP) is 6.38. The number of hydrogen-bond acceptors (Lipinski definition) is 5. The van der Waals surface area contributed by atoms with Crippen LogP contribution in [0.5, 0.6) is 11.5 Å². The zero-order chi connectivity index (χ0) is 20.4. The van der Waals surface area contributed by atoms with E-state index in [0.717, 1.165) is 61.5 Å². The smallest absolute Gasteiger partial charge is 0.120 e. The van der Waals surface area contributed by atoms with Crippen LogP contribution in [0, 0.1) is 5.53 Å². The van der Waals surface area contributed by atoms with Crippen LogP contribution < -0.4 is 14.4 Å². The molecule has 0 spiro atoms. The second-order valence-electron chi connectivity index (χ2n) is 7.08. The van der Waals surface area contributed by atoms with Crippen molar-refractivity contribution in [3.05, 3.63) is 48.0 Å². The van der Waals surface area contributed by atoms with Crippen molar-refractivity contribution in [2.75, 3.05) is 25.1 Å². The van der Waals surface area contributed by atoms with Gasteiger partial charge in [0, 0.05) is 12.2 Å². The Morgan fingerprint density at radius 2 is 1.75 bits per heavy atom. The van der Waals surface area contributed by atoms with Gasteiger partial charge in [-0.3, -0.25) is 0 Å². The lowest BCUT2D eigenvalue weighted by atomic mass is 10.1. The highest BCUT2D eigenvalue weighted by molar-refractivity contribution is 5.58. The highest BCUT2D eigenvalue weighted by Crippen LogP contribution is 2.27. The molecule has 0 saturated heterocycles. The van der Waals surface area contributed by atoms with Crippen LogP contribution in [0.1, 0.15) is 45.6 Å². The van der Waals surface area contributed by atoms with Crippen LogP contribution in [0.2, 0.25) is 0 Å². The number of hydrogen-bond donors (Lipinski definition) is 1. The highest BCUT2D eigenvalue weighted by atomic mass is 16.5. The Morgan fingerprint density at radius 1 is 1.04 bits per heavy atom. The summed E-state index contributed by atoms with van der Waals surface area (Å²) in [6, 6.07) is 13.9. The topological polar surface area (TPSA) is 57.9 Å². The number of nitrogens with one attached hydrogen (secondary N) is 1. The fraction of sp³-hybridized carbons (Fsp3) is 0.478. The minimum Gasteiger partial charge on any atom is -0.497 e. The van der Waals surface area contributed by atoms with Gasteiger partial charge < -0.3 is 14.4 Å². The van der Waals surface area contributed by atoms with Crippen molar-refractivity contribution in [3.8, 4) is 11.5 Å². The van der Waals surface area contributed by atoms with E-state index in [1.165, 1.54) is 5.69 Å². The zero-order valence-electron chi connectivity index (χ0n) is 17.6. The van der Waals surface area contributed by atoms with Crippen LogP contribution in [0.3, 0.4) is 0 Å². The first-order valence-electron chi connectivity index (χ1n) is 10.2. The molecule has 0 aliphatic carbocycles. The summed E-state index contributed by atoms with van der Waals surface area (Å²) >= 11 is 0. The van der Waals surface area contributed by atoms with Crippen molar-refractivity contribution >= 4 is 11.4 Å². The van der Waals surface area contributed by atoms with Gasteiger partial charge in [-0.1, -0.05) is 26.7 Å². The third-order valence-corrected chi connectivity index (χ3v) is 4.72. The molecular formula is C23H33N3O2. The Labute approximate surface area is 169 Å². The maximum Gasteiger partial charge on any atom is 0.120 e. The van der Waals surface area contributed by atoms with Crippen LogP contribution in [0.25, 0.3) is 0 Å². The van der Waals surface area contributed by atoms with E-state index in [9.17, 15) is 0 Å². The lowest BCUT2D eigenvalue weighted by molar-refractivity contribution is 0.225. The number of nitrogens with zero attached hydrogens (tertiary/aromatic N) is 2. The molecule has 1 unspecified atom stereocenters. The van der Waals surface area contributed by atoms with E-state index in [1.807, 2.05) is 30.3 Å². The molecule has 0 heterocycles. The first-order valence-corrected chi connectivity index (χ1v) is 10.2. The molecule has 5 nitrogen and oxygen atoms in total. The van der Waals surface area contributed by atoms with Gasteiger partial charge in [0.05, 0.1) is 19.3 Å². The molecule has 2 aromatic carbocycles. The molecule has 0 fully saturated rings. The molecule has 1 atom stereocenters. The Balaban J connectivity index is 2.13.